The van der Waals surface area contributed by atoms with Crippen LogP contribution in [-0.4, -0.2) is 45.6 Å². The molecule has 2 heterocycles. The van der Waals surface area contributed by atoms with E-state index < -0.39 is 0 Å². The summed E-state index contributed by atoms with van der Waals surface area (Å²) in [6.07, 6.45) is 1.73. The van der Waals surface area contributed by atoms with E-state index >= 15 is 0 Å². The molecule has 1 aliphatic heterocycles. The second-order valence-electron chi connectivity index (χ2n) is 3.60. The van der Waals surface area contributed by atoms with Gasteiger partial charge in [0.05, 0.1) is 6.61 Å². The first-order valence-electron chi connectivity index (χ1n) is 5.77. The molecule has 94 valence electrons. The van der Waals surface area contributed by atoms with Crippen LogP contribution in [0.4, 0.5) is 5.95 Å². The summed E-state index contributed by atoms with van der Waals surface area (Å²) in [6.45, 7) is 3.50. The van der Waals surface area contributed by atoms with E-state index in [2.05, 4.69) is 15.3 Å². The van der Waals surface area contributed by atoms with Crippen molar-refractivity contribution < 1.29 is 4.74 Å². The zero-order valence-corrected chi connectivity index (χ0v) is 11.5. The third-order valence-electron chi connectivity index (χ3n) is 2.30. The van der Waals surface area contributed by atoms with Gasteiger partial charge in [0, 0.05) is 41.3 Å². The Morgan fingerprint density at radius 2 is 2.47 bits per heavy atom. The summed E-state index contributed by atoms with van der Waals surface area (Å²) in [5, 5.41) is 3.94. The van der Waals surface area contributed by atoms with Crippen LogP contribution in [0.3, 0.4) is 0 Å². The van der Waals surface area contributed by atoms with Crippen LogP contribution in [0.5, 0.6) is 5.88 Å². The molecule has 1 saturated heterocycles. The van der Waals surface area contributed by atoms with Crippen molar-refractivity contribution in [1.29, 1.82) is 0 Å². The Morgan fingerprint density at radius 3 is 3.24 bits per heavy atom. The van der Waals surface area contributed by atoms with Gasteiger partial charge in [-0.3, -0.25) is 0 Å². The fraction of sp³-hybridized carbons (Fsp3) is 0.636. The van der Waals surface area contributed by atoms with Gasteiger partial charge in [-0.25, -0.2) is 4.98 Å². The molecule has 4 nitrogen and oxygen atoms in total. The van der Waals surface area contributed by atoms with Gasteiger partial charge in [-0.15, -0.1) is 0 Å². The van der Waals surface area contributed by atoms with Crippen molar-refractivity contribution >= 4 is 29.5 Å². The van der Waals surface area contributed by atoms with Gasteiger partial charge in [0.15, 0.2) is 0 Å². The lowest BCUT2D eigenvalue weighted by molar-refractivity contribution is 0.326. The minimum absolute atomic E-state index is 0.631. The monoisotopic (exact) mass is 271 g/mol. The van der Waals surface area contributed by atoms with Crippen molar-refractivity contribution in [3.8, 4) is 5.88 Å². The minimum atomic E-state index is 0.631. The molecule has 0 aromatic carbocycles. The Kier molecular flexibility index (Phi) is 5.25. The second kappa shape index (κ2) is 6.96. The molecule has 1 unspecified atom stereocenters. The summed E-state index contributed by atoms with van der Waals surface area (Å²) in [5.74, 6) is 5.03. The van der Waals surface area contributed by atoms with Crippen LogP contribution >= 0.6 is 23.5 Å². The SMILES string of the molecule is CCOc1ccnc(NCC2CSCCS2)n1. The van der Waals surface area contributed by atoms with Crippen LogP contribution < -0.4 is 10.1 Å². The van der Waals surface area contributed by atoms with Gasteiger partial charge in [0.2, 0.25) is 11.8 Å². The highest BCUT2D eigenvalue weighted by Crippen LogP contribution is 2.24. The van der Waals surface area contributed by atoms with Crippen LogP contribution in [0.1, 0.15) is 6.92 Å². The third-order valence-corrected chi connectivity index (χ3v) is 5.14. The van der Waals surface area contributed by atoms with E-state index in [0.717, 1.165) is 6.54 Å². The largest absolute Gasteiger partial charge is 0.478 e. The highest BCUT2D eigenvalue weighted by molar-refractivity contribution is 8.06. The molecule has 2 rings (SSSR count). The Morgan fingerprint density at radius 1 is 1.53 bits per heavy atom. The highest BCUT2D eigenvalue weighted by atomic mass is 32.2. The van der Waals surface area contributed by atoms with Crippen molar-refractivity contribution in [2.24, 2.45) is 0 Å². The van der Waals surface area contributed by atoms with Crippen molar-refractivity contribution in [3.05, 3.63) is 12.3 Å². The molecule has 1 aliphatic rings. The Labute approximate surface area is 110 Å². The first-order valence-corrected chi connectivity index (χ1v) is 7.98. The van der Waals surface area contributed by atoms with E-state index in [1.807, 2.05) is 30.4 Å². The van der Waals surface area contributed by atoms with Gasteiger partial charge in [0.25, 0.3) is 0 Å². The standard InChI is InChI=1S/C11H17N3OS2/c1-2-15-10-3-4-12-11(14-10)13-7-9-8-16-5-6-17-9/h3-4,9H,2,5-8H2,1H3,(H,12,13,14). The molecule has 1 aromatic heterocycles. The van der Waals surface area contributed by atoms with Crippen molar-refractivity contribution in [3.63, 3.8) is 0 Å². The zero-order valence-electron chi connectivity index (χ0n) is 9.89. The van der Waals surface area contributed by atoms with Crippen molar-refractivity contribution in [2.45, 2.75) is 12.2 Å². The smallest absolute Gasteiger partial charge is 0.225 e. The molecule has 0 amide bonds. The van der Waals surface area contributed by atoms with Gasteiger partial charge >= 0.3 is 0 Å². The maximum absolute atomic E-state index is 5.34. The average Bonchev–Trinajstić information content (AvgIpc) is 2.39. The molecule has 0 spiro atoms. The lowest BCUT2D eigenvalue weighted by Gasteiger charge is -2.21. The van der Waals surface area contributed by atoms with Crippen LogP contribution in [0.15, 0.2) is 12.3 Å². The summed E-state index contributed by atoms with van der Waals surface area (Å²) < 4.78 is 5.34. The first kappa shape index (κ1) is 12.8. The summed E-state index contributed by atoms with van der Waals surface area (Å²) in [6, 6.07) is 1.78. The Hall–Kier alpha value is -0.620. The fourth-order valence-electron chi connectivity index (χ4n) is 1.52. The molecule has 0 saturated carbocycles. The van der Waals surface area contributed by atoms with E-state index in [0.29, 0.717) is 23.7 Å². The number of hydrogen-bond donors (Lipinski definition) is 1. The van der Waals surface area contributed by atoms with E-state index in [-0.39, 0.29) is 0 Å². The van der Waals surface area contributed by atoms with Crippen molar-refractivity contribution in [1.82, 2.24) is 9.97 Å². The predicted octanol–water partition coefficient (Wildman–Crippen LogP) is 2.14. The van der Waals surface area contributed by atoms with E-state index in [1.165, 1.54) is 17.3 Å². The zero-order chi connectivity index (χ0) is 11.9. The normalized spacial score (nSPS) is 19.9. The van der Waals surface area contributed by atoms with Crippen LogP contribution in [-0.2, 0) is 0 Å². The lowest BCUT2D eigenvalue weighted by Crippen LogP contribution is -2.23. The molecule has 1 aromatic rings. The van der Waals surface area contributed by atoms with Crippen LogP contribution in [0.25, 0.3) is 0 Å². The molecule has 0 radical (unpaired) electrons. The molecule has 6 heteroatoms. The molecule has 1 fully saturated rings. The van der Waals surface area contributed by atoms with Gasteiger partial charge in [-0.05, 0) is 6.92 Å². The van der Waals surface area contributed by atoms with Gasteiger partial charge in [-0.1, -0.05) is 0 Å². The Bertz CT molecular complexity index is 345. The summed E-state index contributed by atoms with van der Waals surface area (Å²) in [7, 11) is 0. The molecular formula is C11H17N3OS2. The fourth-order valence-corrected chi connectivity index (χ4v) is 4.13. The quantitative estimate of drug-likeness (QED) is 0.885. The minimum Gasteiger partial charge on any atom is -0.478 e. The number of aromatic nitrogens is 2. The number of rotatable bonds is 5. The number of nitrogens with one attached hydrogen (secondary N) is 1. The number of ether oxygens (including phenoxy) is 1. The lowest BCUT2D eigenvalue weighted by atomic mass is 10.4. The number of thioether (sulfide) groups is 2. The molecule has 1 N–H and O–H groups in total. The maximum atomic E-state index is 5.34. The number of nitrogens with zero attached hydrogens (tertiary/aromatic N) is 2. The van der Waals surface area contributed by atoms with Gasteiger partial charge in [0.1, 0.15) is 0 Å². The first-order chi connectivity index (χ1) is 8.38. The molecule has 1 atom stereocenters. The predicted molar refractivity (Wildman–Crippen MR) is 75.3 cm³/mol. The van der Waals surface area contributed by atoms with Crippen LogP contribution in [0.2, 0.25) is 0 Å². The Balaban J connectivity index is 1.83. The summed E-state index contributed by atoms with van der Waals surface area (Å²) in [5.41, 5.74) is 0. The third kappa shape index (κ3) is 4.27. The van der Waals surface area contributed by atoms with Crippen molar-refractivity contribution in [2.75, 3.05) is 35.7 Å². The van der Waals surface area contributed by atoms with E-state index in [1.54, 1.807) is 12.3 Å². The van der Waals surface area contributed by atoms with E-state index in [4.69, 9.17) is 4.74 Å². The topological polar surface area (TPSA) is 47.0 Å². The average molecular weight is 271 g/mol. The maximum Gasteiger partial charge on any atom is 0.225 e. The molecule has 17 heavy (non-hydrogen) atoms. The van der Waals surface area contributed by atoms with Crippen LogP contribution in [0, 0.1) is 0 Å². The molecule has 0 bridgehead atoms. The number of hydrogen-bond acceptors (Lipinski definition) is 6. The second-order valence-corrected chi connectivity index (χ2v) is 6.16. The molecular weight excluding hydrogens is 254 g/mol. The van der Waals surface area contributed by atoms with Gasteiger partial charge < -0.3 is 10.1 Å². The number of anilines is 1. The highest BCUT2D eigenvalue weighted by Gasteiger charge is 2.14. The van der Waals surface area contributed by atoms with Gasteiger partial charge in [-0.2, -0.15) is 28.5 Å². The molecule has 0 aliphatic carbocycles. The summed E-state index contributed by atoms with van der Waals surface area (Å²) in [4.78, 5) is 8.47. The summed E-state index contributed by atoms with van der Waals surface area (Å²) >= 11 is 4.05. The van der Waals surface area contributed by atoms with E-state index in [9.17, 15) is 0 Å².